The van der Waals surface area contributed by atoms with Crippen molar-refractivity contribution in [3.05, 3.63) is 24.3 Å². The lowest BCUT2D eigenvalue weighted by molar-refractivity contribution is -0.0498. The van der Waals surface area contributed by atoms with Crippen LogP contribution in [0.15, 0.2) is 29.4 Å². The van der Waals surface area contributed by atoms with Crippen LogP contribution in [0.25, 0.3) is 0 Å². The molecule has 1 aromatic carbocycles. The molecule has 0 saturated carbocycles. The van der Waals surface area contributed by atoms with Gasteiger partial charge in [0.2, 0.25) is 0 Å². The molecule has 1 atom stereocenters. The molecule has 0 spiro atoms. The predicted octanol–water partition coefficient (Wildman–Crippen LogP) is 2.08. The van der Waals surface area contributed by atoms with E-state index >= 15 is 0 Å². The molecule has 0 aliphatic carbocycles. The lowest BCUT2D eigenvalue weighted by Crippen LogP contribution is -2.27. The highest BCUT2D eigenvalue weighted by Gasteiger charge is 2.07. The Kier molecular flexibility index (Phi) is 5.16. The van der Waals surface area contributed by atoms with Gasteiger partial charge in [0, 0.05) is 18.2 Å². The van der Waals surface area contributed by atoms with Gasteiger partial charge in [-0.2, -0.15) is 8.78 Å². The zero-order valence-corrected chi connectivity index (χ0v) is 9.81. The highest BCUT2D eigenvalue weighted by Crippen LogP contribution is 2.17. The number of nitrogens with one attached hydrogen (secondary N) is 1. The summed E-state index contributed by atoms with van der Waals surface area (Å²) in [6, 6.07) is 6.08. The van der Waals surface area contributed by atoms with E-state index in [4.69, 9.17) is 10.9 Å². The van der Waals surface area contributed by atoms with Crippen LogP contribution in [0.5, 0.6) is 5.75 Å². The maximum Gasteiger partial charge on any atom is 0.387 e. The third-order valence-electron chi connectivity index (χ3n) is 2.31. The highest BCUT2D eigenvalue weighted by atomic mass is 19.3. The second kappa shape index (κ2) is 6.63. The molecule has 0 aliphatic heterocycles. The van der Waals surface area contributed by atoms with Crippen LogP contribution in [0.4, 0.5) is 14.5 Å². The molecule has 18 heavy (non-hydrogen) atoms. The fourth-order valence-electron chi connectivity index (χ4n) is 1.23. The van der Waals surface area contributed by atoms with Crippen LogP contribution in [0.2, 0.25) is 0 Å². The molecule has 0 aliphatic rings. The van der Waals surface area contributed by atoms with E-state index in [2.05, 4.69) is 15.2 Å². The zero-order valence-electron chi connectivity index (χ0n) is 9.81. The number of nitrogens with zero attached hydrogens (tertiary/aromatic N) is 1. The molecule has 1 unspecified atom stereocenters. The average Bonchev–Trinajstić information content (AvgIpc) is 2.36. The third-order valence-corrected chi connectivity index (χ3v) is 2.31. The average molecular weight is 259 g/mol. The van der Waals surface area contributed by atoms with E-state index < -0.39 is 6.61 Å². The fourth-order valence-corrected chi connectivity index (χ4v) is 1.23. The van der Waals surface area contributed by atoms with E-state index in [-0.39, 0.29) is 17.5 Å². The lowest BCUT2D eigenvalue weighted by Gasteiger charge is -2.12. The lowest BCUT2D eigenvalue weighted by atomic mass is 10.1. The zero-order chi connectivity index (χ0) is 13.5. The molecule has 0 bridgehead atoms. The number of hydrogen-bond acceptors (Lipinski definition) is 4. The van der Waals surface area contributed by atoms with Crippen LogP contribution in [0.3, 0.4) is 0 Å². The fraction of sp³-hybridized carbons (Fsp3) is 0.364. The Bertz CT molecular complexity index is 396. The first-order chi connectivity index (χ1) is 8.52. The number of oxime groups is 1. The van der Waals surface area contributed by atoms with Crippen LogP contribution in [0.1, 0.15) is 6.92 Å². The molecule has 0 fully saturated rings. The van der Waals surface area contributed by atoms with Crippen molar-refractivity contribution in [2.75, 3.05) is 11.9 Å². The predicted molar refractivity (Wildman–Crippen MR) is 64.1 cm³/mol. The van der Waals surface area contributed by atoms with Crippen LogP contribution < -0.4 is 15.8 Å². The topological polar surface area (TPSA) is 79.9 Å². The van der Waals surface area contributed by atoms with Crippen molar-refractivity contribution < 1.29 is 18.7 Å². The minimum absolute atomic E-state index is 0.0973. The summed E-state index contributed by atoms with van der Waals surface area (Å²) in [4.78, 5) is 0. The summed E-state index contributed by atoms with van der Waals surface area (Å²) >= 11 is 0. The van der Waals surface area contributed by atoms with Gasteiger partial charge < -0.3 is 21.0 Å². The molecule has 0 amide bonds. The van der Waals surface area contributed by atoms with Gasteiger partial charge in [0.05, 0.1) is 0 Å². The number of ether oxygens (including phenoxy) is 1. The number of benzene rings is 1. The molecule has 0 saturated heterocycles. The summed E-state index contributed by atoms with van der Waals surface area (Å²) in [5.74, 6) is 0.0761. The maximum absolute atomic E-state index is 11.9. The van der Waals surface area contributed by atoms with E-state index in [1.807, 2.05) is 0 Å². The van der Waals surface area contributed by atoms with Gasteiger partial charge >= 0.3 is 6.61 Å². The second-order valence-corrected chi connectivity index (χ2v) is 3.71. The Labute approximate surface area is 103 Å². The quantitative estimate of drug-likeness (QED) is 0.316. The van der Waals surface area contributed by atoms with Crippen LogP contribution in [-0.2, 0) is 0 Å². The van der Waals surface area contributed by atoms with E-state index in [0.29, 0.717) is 6.54 Å². The number of anilines is 1. The molecular formula is C11H15F2N3O2. The van der Waals surface area contributed by atoms with Gasteiger partial charge in [0.1, 0.15) is 11.6 Å². The van der Waals surface area contributed by atoms with Gasteiger partial charge in [0.15, 0.2) is 0 Å². The summed E-state index contributed by atoms with van der Waals surface area (Å²) < 4.78 is 28.0. The number of hydrogen-bond donors (Lipinski definition) is 3. The summed E-state index contributed by atoms with van der Waals surface area (Å²) in [7, 11) is 0. The molecule has 1 aromatic rings. The van der Waals surface area contributed by atoms with Crippen molar-refractivity contribution in [2.45, 2.75) is 13.5 Å². The number of halogens is 2. The first-order valence-electron chi connectivity index (χ1n) is 5.29. The minimum atomic E-state index is -2.83. The Hall–Kier alpha value is -2.05. The monoisotopic (exact) mass is 259 g/mol. The molecule has 0 heterocycles. The van der Waals surface area contributed by atoms with Gasteiger partial charge in [-0.15, -0.1) is 0 Å². The van der Waals surface area contributed by atoms with Crippen molar-refractivity contribution in [1.82, 2.24) is 0 Å². The SMILES string of the molecule is CC(CNc1ccc(OC(F)F)cc1)C(N)=NO. The summed E-state index contributed by atoms with van der Waals surface area (Å²) in [5.41, 5.74) is 6.15. The molecule has 5 nitrogen and oxygen atoms in total. The Morgan fingerprint density at radius 1 is 1.44 bits per heavy atom. The summed E-state index contributed by atoms with van der Waals surface area (Å²) in [6.07, 6.45) is 0. The first kappa shape index (κ1) is 14.0. The molecule has 4 N–H and O–H groups in total. The first-order valence-corrected chi connectivity index (χ1v) is 5.29. The number of alkyl halides is 2. The van der Waals surface area contributed by atoms with Crippen molar-refractivity contribution in [2.24, 2.45) is 16.8 Å². The summed E-state index contributed by atoms with van der Waals surface area (Å²) in [6.45, 7) is -0.578. The van der Waals surface area contributed by atoms with Gasteiger partial charge in [-0.05, 0) is 24.3 Å². The standard InChI is InChI=1S/C11H15F2N3O2/c1-7(10(14)16-17)6-15-8-2-4-9(5-3-8)18-11(12)13/h2-5,7,11,15,17H,6H2,1H3,(H2,14,16). The van der Waals surface area contributed by atoms with Crippen LogP contribution in [-0.4, -0.2) is 24.2 Å². The van der Waals surface area contributed by atoms with E-state index in [1.54, 1.807) is 19.1 Å². The molecular weight excluding hydrogens is 244 g/mol. The Morgan fingerprint density at radius 2 is 2.06 bits per heavy atom. The maximum atomic E-state index is 11.9. The molecule has 0 radical (unpaired) electrons. The van der Waals surface area contributed by atoms with Crippen LogP contribution in [0, 0.1) is 5.92 Å². The number of amidine groups is 1. The number of rotatable bonds is 6. The van der Waals surface area contributed by atoms with Crippen molar-refractivity contribution in [1.29, 1.82) is 0 Å². The smallest absolute Gasteiger partial charge is 0.387 e. The molecule has 1 rings (SSSR count). The molecule has 7 heteroatoms. The normalized spacial score (nSPS) is 13.4. The summed E-state index contributed by atoms with van der Waals surface area (Å²) in [5, 5.41) is 14.4. The largest absolute Gasteiger partial charge is 0.435 e. The molecule has 0 aromatic heterocycles. The third kappa shape index (κ3) is 4.44. The van der Waals surface area contributed by atoms with Crippen molar-refractivity contribution in [3.8, 4) is 5.75 Å². The van der Waals surface area contributed by atoms with Gasteiger partial charge in [-0.3, -0.25) is 0 Å². The number of nitrogens with two attached hydrogens (primary N) is 1. The molecule has 100 valence electrons. The van der Waals surface area contributed by atoms with Gasteiger partial charge in [0.25, 0.3) is 0 Å². The van der Waals surface area contributed by atoms with Crippen molar-refractivity contribution in [3.63, 3.8) is 0 Å². The van der Waals surface area contributed by atoms with Crippen LogP contribution >= 0.6 is 0 Å². The Balaban J connectivity index is 2.49. The van der Waals surface area contributed by atoms with Gasteiger partial charge in [-0.1, -0.05) is 12.1 Å². The van der Waals surface area contributed by atoms with E-state index in [9.17, 15) is 8.78 Å². The Morgan fingerprint density at radius 3 is 2.56 bits per heavy atom. The van der Waals surface area contributed by atoms with Crippen molar-refractivity contribution >= 4 is 11.5 Å². The highest BCUT2D eigenvalue weighted by molar-refractivity contribution is 5.82. The van der Waals surface area contributed by atoms with Gasteiger partial charge in [-0.25, -0.2) is 0 Å². The second-order valence-electron chi connectivity index (χ2n) is 3.71. The van der Waals surface area contributed by atoms with E-state index in [1.165, 1.54) is 12.1 Å². The van der Waals surface area contributed by atoms with E-state index in [0.717, 1.165) is 5.69 Å². The minimum Gasteiger partial charge on any atom is -0.435 e.